The number of aromatic nitrogens is 3. The number of pyridine rings is 1. The fourth-order valence-corrected chi connectivity index (χ4v) is 3.14. The summed E-state index contributed by atoms with van der Waals surface area (Å²) in [5, 5.41) is 1.93. The molecule has 0 radical (unpaired) electrons. The molecule has 0 aliphatic carbocycles. The summed E-state index contributed by atoms with van der Waals surface area (Å²) < 4.78 is 39.8. The van der Waals surface area contributed by atoms with Gasteiger partial charge in [-0.25, -0.2) is 9.97 Å². The number of halogens is 3. The summed E-state index contributed by atoms with van der Waals surface area (Å²) in [5.41, 5.74) is -0.478. The summed E-state index contributed by atoms with van der Waals surface area (Å²) >= 11 is 1.55. The number of thiophene rings is 1. The van der Waals surface area contributed by atoms with E-state index in [1.807, 2.05) is 24.4 Å². The van der Waals surface area contributed by atoms with Crippen LogP contribution in [-0.2, 0) is 6.18 Å². The van der Waals surface area contributed by atoms with E-state index in [4.69, 9.17) is 0 Å². The van der Waals surface area contributed by atoms with Crippen LogP contribution in [0.4, 0.5) is 19.0 Å². The van der Waals surface area contributed by atoms with Crippen LogP contribution < -0.4 is 4.90 Å². The molecule has 1 atom stereocenters. The SMILES string of the molecule is CC(c1cccs1)N(C)c1cc(C(F)(F)F)nc(-c2ccncc2)n1. The molecule has 25 heavy (non-hydrogen) atoms. The molecule has 3 heterocycles. The Kier molecular flexibility index (Phi) is 4.71. The van der Waals surface area contributed by atoms with Crippen molar-refractivity contribution >= 4 is 17.2 Å². The highest BCUT2D eigenvalue weighted by atomic mass is 32.1. The number of nitrogens with zero attached hydrogens (tertiary/aromatic N) is 4. The molecule has 0 saturated heterocycles. The molecule has 3 aromatic rings. The Labute approximate surface area is 147 Å². The predicted octanol–water partition coefficient (Wildman–Crippen LogP) is 4.82. The summed E-state index contributed by atoms with van der Waals surface area (Å²) in [6.45, 7) is 1.92. The number of rotatable bonds is 4. The maximum Gasteiger partial charge on any atom is 0.433 e. The smallest absolute Gasteiger partial charge is 0.352 e. The highest BCUT2D eigenvalue weighted by molar-refractivity contribution is 7.10. The molecule has 8 heteroatoms. The maximum atomic E-state index is 13.3. The van der Waals surface area contributed by atoms with Crippen molar-refractivity contribution in [2.75, 3.05) is 11.9 Å². The van der Waals surface area contributed by atoms with Gasteiger partial charge in [-0.05, 0) is 30.5 Å². The first kappa shape index (κ1) is 17.3. The van der Waals surface area contributed by atoms with Crippen LogP contribution in [0, 0.1) is 0 Å². The van der Waals surface area contributed by atoms with Crippen molar-refractivity contribution in [3.05, 3.63) is 58.7 Å². The van der Waals surface area contributed by atoms with Crippen molar-refractivity contribution in [1.82, 2.24) is 15.0 Å². The Morgan fingerprint density at radius 3 is 2.44 bits per heavy atom. The molecular formula is C17H15F3N4S. The fraction of sp³-hybridized carbons (Fsp3) is 0.235. The van der Waals surface area contributed by atoms with Crippen LogP contribution in [0.2, 0.25) is 0 Å². The first-order chi connectivity index (χ1) is 11.9. The van der Waals surface area contributed by atoms with E-state index in [0.717, 1.165) is 10.9 Å². The molecule has 0 aromatic carbocycles. The van der Waals surface area contributed by atoms with E-state index in [0.29, 0.717) is 5.56 Å². The first-order valence-corrected chi connectivity index (χ1v) is 8.37. The number of alkyl halides is 3. The van der Waals surface area contributed by atoms with Gasteiger partial charge in [-0.3, -0.25) is 4.98 Å². The van der Waals surface area contributed by atoms with E-state index in [1.165, 1.54) is 12.4 Å². The number of hydrogen-bond acceptors (Lipinski definition) is 5. The first-order valence-electron chi connectivity index (χ1n) is 7.49. The molecule has 0 fully saturated rings. The molecule has 0 spiro atoms. The van der Waals surface area contributed by atoms with E-state index in [2.05, 4.69) is 15.0 Å². The van der Waals surface area contributed by atoms with Gasteiger partial charge in [0.05, 0.1) is 6.04 Å². The summed E-state index contributed by atoms with van der Waals surface area (Å²) in [7, 11) is 1.73. The Bertz CT molecular complexity index is 835. The third kappa shape index (κ3) is 3.79. The van der Waals surface area contributed by atoms with E-state index in [-0.39, 0.29) is 17.7 Å². The van der Waals surface area contributed by atoms with Crippen LogP contribution in [0.15, 0.2) is 48.1 Å². The molecule has 0 aliphatic rings. The van der Waals surface area contributed by atoms with Gasteiger partial charge in [-0.1, -0.05) is 6.07 Å². The van der Waals surface area contributed by atoms with Crippen LogP contribution >= 0.6 is 11.3 Å². The Morgan fingerprint density at radius 2 is 1.84 bits per heavy atom. The van der Waals surface area contributed by atoms with Gasteiger partial charge in [0, 0.05) is 35.9 Å². The highest BCUT2D eigenvalue weighted by Gasteiger charge is 2.34. The summed E-state index contributed by atoms with van der Waals surface area (Å²) in [6, 6.07) is 7.90. The Balaban J connectivity index is 2.06. The van der Waals surface area contributed by atoms with Gasteiger partial charge in [0.25, 0.3) is 0 Å². The molecule has 0 aliphatic heterocycles. The normalized spacial score (nSPS) is 12.8. The van der Waals surface area contributed by atoms with Crippen molar-refractivity contribution < 1.29 is 13.2 Å². The number of anilines is 1. The lowest BCUT2D eigenvalue weighted by Crippen LogP contribution is -2.23. The minimum absolute atomic E-state index is 0.0254. The van der Waals surface area contributed by atoms with Gasteiger partial charge in [0.1, 0.15) is 5.82 Å². The largest absolute Gasteiger partial charge is 0.433 e. The quantitative estimate of drug-likeness (QED) is 0.666. The van der Waals surface area contributed by atoms with Crippen molar-refractivity contribution in [3.8, 4) is 11.4 Å². The zero-order chi connectivity index (χ0) is 18.0. The van der Waals surface area contributed by atoms with Crippen molar-refractivity contribution in [3.63, 3.8) is 0 Å². The van der Waals surface area contributed by atoms with Gasteiger partial charge in [0.2, 0.25) is 0 Å². The third-order valence-electron chi connectivity index (χ3n) is 3.84. The lowest BCUT2D eigenvalue weighted by molar-refractivity contribution is -0.141. The maximum absolute atomic E-state index is 13.3. The van der Waals surface area contributed by atoms with Crippen LogP contribution in [0.1, 0.15) is 23.5 Å². The van der Waals surface area contributed by atoms with Crippen LogP contribution in [0.3, 0.4) is 0 Å². The molecule has 3 rings (SSSR count). The standard InChI is InChI=1S/C17H15F3N4S/c1-11(13-4-3-9-25-13)24(2)15-10-14(17(18,19)20)22-16(23-15)12-5-7-21-8-6-12/h3-11H,1-2H3. The number of hydrogen-bond donors (Lipinski definition) is 0. The minimum atomic E-state index is -4.55. The predicted molar refractivity (Wildman–Crippen MR) is 91.4 cm³/mol. The van der Waals surface area contributed by atoms with Crippen molar-refractivity contribution in [2.45, 2.75) is 19.1 Å². The monoisotopic (exact) mass is 364 g/mol. The van der Waals surface area contributed by atoms with E-state index in [9.17, 15) is 13.2 Å². The third-order valence-corrected chi connectivity index (χ3v) is 4.88. The molecule has 130 valence electrons. The van der Waals surface area contributed by atoms with Crippen LogP contribution in [0.5, 0.6) is 0 Å². The molecule has 3 aromatic heterocycles. The second-order valence-corrected chi connectivity index (χ2v) is 6.45. The second-order valence-electron chi connectivity index (χ2n) is 5.47. The summed E-state index contributed by atoms with van der Waals surface area (Å²) in [6.07, 6.45) is -1.56. The van der Waals surface area contributed by atoms with Gasteiger partial charge < -0.3 is 4.90 Å². The van der Waals surface area contributed by atoms with Crippen LogP contribution in [-0.4, -0.2) is 22.0 Å². The van der Waals surface area contributed by atoms with Gasteiger partial charge in [-0.15, -0.1) is 11.3 Å². The van der Waals surface area contributed by atoms with E-state index in [1.54, 1.807) is 35.4 Å². The Hall–Kier alpha value is -2.48. The van der Waals surface area contributed by atoms with E-state index >= 15 is 0 Å². The van der Waals surface area contributed by atoms with Gasteiger partial charge >= 0.3 is 6.18 Å². The zero-order valence-electron chi connectivity index (χ0n) is 13.5. The average molecular weight is 364 g/mol. The second kappa shape index (κ2) is 6.79. The lowest BCUT2D eigenvalue weighted by atomic mass is 10.2. The molecule has 0 saturated carbocycles. The van der Waals surface area contributed by atoms with Crippen molar-refractivity contribution in [1.29, 1.82) is 0 Å². The fourth-order valence-electron chi connectivity index (χ4n) is 2.31. The molecular weight excluding hydrogens is 349 g/mol. The minimum Gasteiger partial charge on any atom is -0.352 e. The van der Waals surface area contributed by atoms with Crippen LogP contribution in [0.25, 0.3) is 11.4 Å². The van der Waals surface area contributed by atoms with Gasteiger partial charge in [0.15, 0.2) is 11.5 Å². The summed E-state index contributed by atoms with van der Waals surface area (Å²) in [4.78, 5) is 14.7. The molecule has 1 unspecified atom stereocenters. The Morgan fingerprint density at radius 1 is 1.12 bits per heavy atom. The molecule has 0 bridgehead atoms. The highest BCUT2D eigenvalue weighted by Crippen LogP contribution is 2.34. The lowest BCUT2D eigenvalue weighted by Gasteiger charge is -2.26. The molecule has 0 N–H and O–H groups in total. The topological polar surface area (TPSA) is 41.9 Å². The van der Waals surface area contributed by atoms with Gasteiger partial charge in [-0.2, -0.15) is 13.2 Å². The molecule has 0 amide bonds. The zero-order valence-corrected chi connectivity index (χ0v) is 14.3. The summed E-state index contributed by atoms with van der Waals surface area (Å²) in [5.74, 6) is 0.243. The van der Waals surface area contributed by atoms with E-state index < -0.39 is 11.9 Å². The van der Waals surface area contributed by atoms with Crippen molar-refractivity contribution in [2.24, 2.45) is 0 Å². The average Bonchev–Trinajstić information content (AvgIpc) is 3.14. The molecule has 4 nitrogen and oxygen atoms in total.